The molecule has 3 rings (SSSR count). The van der Waals surface area contributed by atoms with Crippen LogP contribution in [-0.2, 0) is 4.79 Å². The molecule has 0 aliphatic rings. The summed E-state index contributed by atoms with van der Waals surface area (Å²) in [5.41, 5.74) is 2.33. The molecule has 0 atom stereocenters. The predicted molar refractivity (Wildman–Crippen MR) is 126 cm³/mol. The standard InChI is InChI=1S/C24H28N2O5S/c1-15-13-21(31-24(3,4)22(27)28)16(2)12-20(15)30-11-10-25-23-26-19(14-32-23)17-6-8-18(29-5)9-7-17/h6-9,12-14H,10-11H2,1-5H3,(H,25,26)(H,27,28). The highest BCUT2D eigenvalue weighted by atomic mass is 32.1. The highest BCUT2D eigenvalue weighted by Crippen LogP contribution is 2.31. The van der Waals surface area contributed by atoms with Gasteiger partial charge in [0.15, 0.2) is 10.7 Å². The van der Waals surface area contributed by atoms with Crippen LogP contribution in [0.2, 0.25) is 0 Å². The first kappa shape index (κ1) is 23.4. The van der Waals surface area contributed by atoms with E-state index in [1.165, 1.54) is 13.8 Å². The van der Waals surface area contributed by atoms with Crippen LogP contribution in [0.1, 0.15) is 25.0 Å². The third-order valence-electron chi connectivity index (χ3n) is 4.88. The highest BCUT2D eigenvalue weighted by Gasteiger charge is 2.30. The van der Waals surface area contributed by atoms with Crippen LogP contribution < -0.4 is 19.5 Å². The minimum absolute atomic E-state index is 0.457. The van der Waals surface area contributed by atoms with Crippen molar-refractivity contribution in [3.8, 4) is 28.5 Å². The highest BCUT2D eigenvalue weighted by molar-refractivity contribution is 7.14. The van der Waals surface area contributed by atoms with Crippen LogP contribution in [0.3, 0.4) is 0 Å². The lowest BCUT2D eigenvalue weighted by Crippen LogP contribution is -2.38. The van der Waals surface area contributed by atoms with E-state index in [-0.39, 0.29) is 0 Å². The number of carboxylic acids is 1. The van der Waals surface area contributed by atoms with Gasteiger partial charge in [0.25, 0.3) is 0 Å². The summed E-state index contributed by atoms with van der Waals surface area (Å²) < 4.78 is 16.8. The number of anilines is 1. The Morgan fingerprint density at radius 2 is 1.78 bits per heavy atom. The molecular formula is C24H28N2O5S. The van der Waals surface area contributed by atoms with Crippen LogP contribution >= 0.6 is 11.3 Å². The summed E-state index contributed by atoms with van der Waals surface area (Å²) in [6.45, 7) is 7.88. The maximum absolute atomic E-state index is 11.3. The first-order valence-corrected chi connectivity index (χ1v) is 11.1. The van der Waals surface area contributed by atoms with Gasteiger partial charge in [-0.05, 0) is 75.2 Å². The predicted octanol–water partition coefficient (Wildman–Crippen LogP) is 5.17. The number of aryl methyl sites for hydroxylation is 2. The van der Waals surface area contributed by atoms with Crippen molar-refractivity contribution in [1.82, 2.24) is 4.98 Å². The molecule has 8 heteroatoms. The van der Waals surface area contributed by atoms with Crippen molar-refractivity contribution >= 4 is 22.4 Å². The molecule has 0 saturated heterocycles. The topological polar surface area (TPSA) is 89.9 Å². The number of carboxylic acid groups (broad SMARTS) is 1. The third-order valence-corrected chi connectivity index (χ3v) is 5.68. The second kappa shape index (κ2) is 9.91. The zero-order chi connectivity index (χ0) is 23.3. The summed E-state index contributed by atoms with van der Waals surface area (Å²) in [5, 5.41) is 15.4. The molecule has 2 aromatic carbocycles. The molecule has 0 saturated carbocycles. The van der Waals surface area contributed by atoms with Gasteiger partial charge in [0.2, 0.25) is 0 Å². The van der Waals surface area contributed by atoms with E-state index >= 15 is 0 Å². The number of aliphatic carboxylic acids is 1. The number of hydrogen-bond donors (Lipinski definition) is 2. The summed E-state index contributed by atoms with van der Waals surface area (Å²) in [5.74, 6) is 1.07. The van der Waals surface area contributed by atoms with Gasteiger partial charge in [-0.15, -0.1) is 11.3 Å². The molecule has 7 nitrogen and oxygen atoms in total. The fourth-order valence-corrected chi connectivity index (χ4v) is 3.66. The second-order valence-corrected chi connectivity index (χ2v) is 8.70. The zero-order valence-corrected chi connectivity index (χ0v) is 19.7. The largest absolute Gasteiger partial charge is 0.497 e. The van der Waals surface area contributed by atoms with Gasteiger partial charge >= 0.3 is 5.97 Å². The fourth-order valence-electron chi connectivity index (χ4n) is 2.92. The lowest BCUT2D eigenvalue weighted by molar-refractivity contribution is -0.152. The van der Waals surface area contributed by atoms with Crippen LogP contribution in [-0.4, -0.2) is 41.9 Å². The monoisotopic (exact) mass is 456 g/mol. The van der Waals surface area contributed by atoms with Crippen molar-refractivity contribution in [3.05, 3.63) is 52.9 Å². The molecule has 2 N–H and O–H groups in total. The average molecular weight is 457 g/mol. The summed E-state index contributed by atoms with van der Waals surface area (Å²) in [6.07, 6.45) is 0. The van der Waals surface area contributed by atoms with Crippen molar-refractivity contribution in [2.45, 2.75) is 33.3 Å². The van der Waals surface area contributed by atoms with E-state index in [2.05, 4.69) is 10.3 Å². The lowest BCUT2D eigenvalue weighted by atomic mass is 10.1. The van der Waals surface area contributed by atoms with Crippen molar-refractivity contribution < 1.29 is 24.1 Å². The Hall–Kier alpha value is -3.26. The van der Waals surface area contributed by atoms with Crippen molar-refractivity contribution in [3.63, 3.8) is 0 Å². The smallest absolute Gasteiger partial charge is 0.347 e. The van der Waals surface area contributed by atoms with Crippen molar-refractivity contribution in [1.29, 1.82) is 0 Å². The number of nitrogens with one attached hydrogen (secondary N) is 1. The Balaban J connectivity index is 1.54. The van der Waals surface area contributed by atoms with Gasteiger partial charge in [0, 0.05) is 10.9 Å². The molecule has 0 unspecified atom stereocenters. The van der Waals surface area contributed by atoms with Crippen molar-refractivity contribution in [2.75, 3.05) is 25.6 Å². The van der Waals surface area contributed by atoms with E-state index in [1.54, 1.807) is 18.4 Å². The SMILES string of the molecule is COc1ccc(-c2csc(NCCOc3cc(C)c(OC(C)(C)C(=O)O)cc3C)n2)cc1. The van der Waals surface area contributed by atoms with Gasteiger partial charge in [-0.1, -0.05) is 0 Å². The maximum atomic E-state index is 11.3. The molecule has 3 aromatic rings. The number of rotatable bonds is 10. The minimum atomic E-state index is -1.30. The molecule has 170 valence electrons. The van der Waals surface area contributed by atoms with E-state index < -0.39 is 11.6 Å². The average Bonchev–Trinajstić information content (AvgIpc) is 3.23. The molecule has 1 heterocycles. The number of aromatic nitrogens is 1. The number of hydrogen-bond acceptors (Lipinski definition) is 7. The van der Waals surface area contributed by atoms with Gasteiger partial charge in [-0.25, -0.2) is 9.78 Å². The van der Waals surface area contributed by atoms with Gasteiger partial charge in [-0.3, -0.25) is 0 Å². The van der Waals surface area contributed by atoms with Gasteiger partial charge in [0.05, 0.1) is 19.3 Å². The van der Waals surface area contributed by atoms with E-state index in [1.807, 2.05) is 55.6 Å². The first-order chi connectivity index (χ1) is 15.2. The molecule has 0 bridgehead atoms. The molecule has 0 spiro atoms. The third kappa shape index (κ3) is 5.70. The van der Waals surface area contributed by atoms with E-state index in [0.717, 1.165) is 39.0 Å². The Kier molecular flexibility index (Phi) is 7.25. The Bertz CT molecular complexity index is 1080. The van der Waals surface area contributed by atoms with Crippen LogP contribution in [0, 0.1) is 13.8 Å². The Morgan fingerprint density at radius 1 is 1.12 bits per heavy atom. The molecule has 0 amide bonds. The molecule has 0 aliphatic heterocycles. The summed E-state index contributed by atoms with van der Waals surface area (Å²) in [4.78, 5) is 15.9. The second-order valence-electron chi connectivity index (χ2n) is 7.84. The van der Waals surface area contributed by atoms with Crippen molar-refractivity contribution in [2.24, 2.45) is 0 Å². The molecular weight excluding hydrogens is 428 g/mol. The van der Waals surface area contributed by atoms with E-state index in [9.17, 15) is 9.90 Å². The van der Waals surface area contributed by atoms with Gasteiger partial charge in [0.1, 0.15) is 23.9 Å². The number of benzene rings is 2. The van der Waals surface area contributed by atoms with Crippen LogP contribution in [0.25, 0.3) is 11.3 Å². The number of thiazole rings is 1. The quantitative estimate of drug-likeness (QED) is 0.407. The van der Waals surface area contributed by atoms with Crippen LogP contribution in [0.15, 0.2) is 41.8 Å². The molecule has 1 aromatic heterocycles. The summed E-state index contributed by atoms with van der Waals surface area (Å²) in [7, 11) is 1.65. The number of ether oxygens (including phenoxy) is 3. The van der Waals surface area contributed by atoms with Gasteiger partial charge < -0.3 is 24.6 Å². The fraction of sp³-hybridized carbons (Fsp3) is 0.333. The van der Waals surface area contributed by atoms with E-state index in [0.29, 0.717) is 18.9 Å². The first-order valence-electron chi connectivity index (χ1n) is 10.2. The summed E-state index contributed by atoms with van der Waals surface area (Å²) in [6, 6.07) is 11.5. The lowest BCUT2D eigenvalue weighted by Gasteiger charge is -2.23. The van der Waals surface area contributed by atoms with E-state index in [4.69, 9.17) is 14.2 Å². The summed E-state index contributed by atoms with van der Waals surface area (Å²) >= 11 is 1.54. The Labute approximate surface area is 192 Å². The van der Waals surface area contributed by atoms with Crippen LogP contribution in [0.4, 0.5) is 5.13 Å². The molecule has 0 fully saturated rings. The maximum Gasteiger partial charge on any atom is 0.347 e. The molecule has 32 heavy (non-hydrogen) atoms. The normalized spacial score (nSPS) is 11.2. The Morgan fingerprint density at radius 3 is 2.44 bits per heavy atom. The number of methoxy groups -OCH3 is 1. The number of nitrogens with zero attached hydrogens (tertiary/aromatic N) is 1. The zero-order valence-electron chi connectivity index (χ0n) is 18.9. The number of carbonyl (C=O) groups is 1. The van der Waals surface area contributed by atoms with Crippen LogP contribution in [0.5, 0.6) is 17.2 Å². The molecule has 0 radical (unpaired) electrons. The molecule has 0 aliphatic carbocycles. The van der Waals surface area contributed by atoms with Gasteiger partial charge in [-0.2, -0.15) is 0 Å². The minimum Gasteiger partial charge on any atom is -0.497 e.